The molecule has 52 heavy (non-hydrogen) atoms. The van der Waals surface area contributed by atoms with Crippen molar-refractivity contribution in [1.29, 1.82) is 0 Å². The van der Waals surface area contributed by atoms with E-state index in [1.165, 1.54) is 24.8 Å². The zero-order valence-electron chi connectivity index (χ0n) is 29.9. The van der Waals surface area contributed by atoms with Crippen LogP contribution in [0.25, 0.3) is 0 Å². The van der Waals surface area contributed by atoms with Crippen LogP contribution in [0.4, 0.5) is 0 Å². The molecule has 2 heterocycles. The number of unbranched alkanes of at least 4 members (excludes halogenated alkanes) is 1. The Morgan fingerprint density at radius 1 is 0.788 bits per heavy atom. The Morgan fingerprint density at radius 3 is 2.15 bits per heavy atom. The van der Waals surface area contributed by atoms with E-state index in [1.807, 2.05) is 60.7 Å². The Labute approximate surface area is 305 Å². The van der Waals surface area contributed by atoms with E-state index in [0.717, 1.165) is 43.6 Å². The van der Waals surface area contributed by atoms with Gasteiger partial charge in [0.05, 0.1) is 24.6 Å². The Bertz CT molecular complexity index is 1650. The molecule has 5 amide bonds. The molecule has 1 saturated heterocycles. The lowest BCUT2D eigenvalue weighted by Gasteiger charge is -2.26. The third kappa shape index (κ3) is 11.7. The highest BCUT2D eigenvalue weighted by Crippen LogP contribution is 2.19. The Kier molecular flexibility index (Phi) is 14.2. The summed E-state index contributed by atoms with van der Waals surface area (Å²) >= 11 is 0. The molecule has 5 rings (SSSR count). The summed E-state index contributed by atoms with van der Waals surface area (Å²) in [5, 5.41) is 11.5. The normalized spacial score (nSPS) is 20.9. The minimum atomic E-state index is -1.23. The van der Waals surface area contributed by atoms with E-state index in [-0.39, 0.29) is 30.9 Å². The molecule has 276 valence electrons. The number of hydrogen-bond acceptors (Lipinski definition) is 7. The third-order valence-corrected chi connectivity index (χ3v) is 9.35. The number of hydrogen-bond donors (Lipinski definition) is 4. The van der Waals surface area contributed by atoms with Crippen LogP contribution in [-0.4, -0.2) is 104 Å². The number of carbonyl (C=O) groups excluding carboxylic acids is 5. The average molecular weight is 711 g/mol. The van der Waals surface area contributed by atoms with Gasteiger partial charge in [-0.2, -0.15) is 0 Å². The number of rotatable bonds is 10. The molecule has 0 radical (unpaired) electrons. The van der Waals surface area contributed by atoms with E-state index < -0.39 is 54.1 Å². The lowest BCUT2D eigenvalue weighted by atomic mass is 10.0. The van der Waals surface area contributed by atoms with E-state index in [2.05, 4.69) is 26.2 Å². The fourth-order valence-electron chi connectivity index (χ4n) is 6.59. The molecule has 3 atom stereocenters. The van der Waals surface area contributed by atoms with E-state index in [0.29, 0.717) is 13.0 Å². The second-order valence-corrected chi connectivity index (χ2v) is 13.5. The number of nitrogens with zero attached hydrogens (tertiary/aromatic N) is 2. The van der Waals surface area contributed by atoms with Gasteiger partial charge in [0.1, 0.15) is 24.4 Å². The van der Waals surface area contributed by atoms with Crippen LogP contribution in [0.5, 0.6) is 5.75 Å². The van der Waals surface area contributed by atoms with Gasteiger partial charge in [0.2, 0.25) is 23.6 Å². The van der Waals surface area contributed by atoms with E-state index in [9.17, 15) is 24.0 Å². The van der Waals surface area contributed by atoms with Gasteiger partial charge in [-0.3, -0.25) is 24.0 Å². The second-order valence-electron chi connectivity index (χ2n) is 13.5. The maximum atomic E-state index is 13.8. The molecule has 4 N–H and O–H groups in total. The van der Waals surface area contributed by atoms with Crippen molar-refractivity contribution in [3.8, 4) is 5.75 Å². The molecule has 0 saturated carbocycles. The number of benzene rings is 3. The molecule has 0 aromatic heterocycles. The molecule has 0 bridgehead atoms. The Morgan fingerprint density at radius 2 is 1.44 bits per heavy atom. The summed E-state index contributed by atoms with van der Waals surface area (Å²) in [4.78, 5) is 71.9. The highest BCUT2D eigenvalue weighted by molar-refractivity contribution is 6.01. The smallest absolute Gasteiger partial charge is 0.255 e. The van der Waals surface area contributed by atoms with Crippen molar-refractivity contribution in [2.24, 2.45) is 0 Å². The summed E-state index contributed by atoms with van der Waals surface area (Å²) in [6.07, 6.45) is 4.29. The standard InChI is InChI=1S/C40H50N6O6/c1-45-27-37(48)42-31(24-29-14-4-2-5-15-29)28-52-35-19-9-8-18-32(35)38(49)44-33(39(50)41-20-10-11-21-46-22-12-13-23-46)26-36(47)43-34(40(45)51)25-30-16-6-3-7-17-30/h2-9,14-19,31,33-34H,10-13,20-28H2,1H3,(H,41,50)(H,42,48)(H,43,47)(H,44,49)/t31-,33+,34+/m1/s1. The summed E-state index contributed by atoms with van der Waals surface area (Å²) in [5.74, 6) is -2.31. The van der Waals surface area contributed by atoms with Crippen molar-refractivity contribution in [3.05, 3.63) is 102 Å². The van der Waals surface area contributed by atoms with Crippen LogP contribution < -0.4 is 26.0 Å². The quantitative estimate of drug-likeness (QED) is 0.236. The second kappa shape index (κ2) is 19.4. The minimum absolute atomic E-state index is 0.0284. The first kappa shape index (κ1) is 38.0. The number of nitrogens with one attached hydrogen (secondary N) is 4. The molecule has 1 fully saturated rings. The Hall–Kier alpha value is -5.23. The first-order chi connectivity index (χ1) is 25.2. The van der Waals surface area contributed by atoms with Gasteiger partial charge in [-0.15, -0.1) is 0 Å². The van der Waals surface area contributed by atoms with Gasteiger partial charge in [-0.1, -0.05) is 72.8 Å². The number of carbonyl (C=O) groups is 5. The van der Waals surface area contributed by atoms with Gasteiger partial charge in [-0.25, -0.2) is 0 Å². The maximum absolute atomic E-state index is 13.8. The summed E-state index contributed by atoms with van der Waals surface area (Å²) < 4.78 is 6.16. The van der Waals surface area contributed by atoms with Crippen molar-refractivity contribution in [2.45, 2.75) is 63.1 Å². The van der Waals surface area contributed by atoms with Crippen LogP contribution in [0, 0.1) is 0 Å². The molecule has 2 aliphatic rings. The summed E-state index contributed by atoms with van der Waals surface area (Å²) in [5.41, 5.74) is 1.95. The number of likely N-dealkylation sites (tertiary alicyclic amines) is 1. The molecule has 0 aliphatic carbocycles. The van der Waals surface area contributed by atoms with Crippen LogP contribution in [0.3, 0.4) is 0 Å². The molecular weight excluding hydrogens is 660 g/mol. The monoisotopic (exact) mass is 710 g/mol. The lowest BCUT2D eigenvalue weighted by Crippen LogP contribution is -2.54. The van der Waals surface area contributed by atoms with Crippen LogP contribution in [0.2, 0.25) is 0 Å². The Balaban J connectivity index is 1.38. The minimum Gasteiger partial charge on any atom is -0.491 e. The molecule has 3 aromatic carbocycles. The zero-order valence-corrected chi connectivity index (χ0v) is 29.9. The van der Waals surface area contributed by atoms with E-state index in [1.54, 1.807) is 24.3 Å². The van der Waals surface area contributed by atoms with Crippen molar-refractivity contribution in [3.63, 3.8) is 0 Å². The van der Waals surface area contributed by atoms with Crippen LogP contribution in [-0.2, 0) is 32.0 Å². The van der Waals surface area contributed by atoms with E-state index in [4.69, 9.17) is 4.74 Å². The first-order valence-corrected chi connectivity index (χ1v) is 18.2. The number of amides is 5. The lowest BCUT2D eigenvalue weighted by molar-refractivity contribution is -0.138. The topological polar surface area (TPSA) is 149 Å². The predicted octanol–water partition coefficient (Wildman–Crippen LogP) is 2.47. The van der Waals surface area contributed by atoms with Gasteiger partial charge in [-0.05, 0) is 75.0 Å². The molecule has 12 nitrogen and oxygen atoms in total. The zero-order chi connectivity index (χ0) is 36.7. The van der Waals surface area contributed by atoms with Gasteiger partial charge in [0.15, 0.2) is 0 Å². The summed E-state index contributed by atoms with van der Waals surface area (Å²) in [7, 11) is 1.51. The fourth-order valence-corrected chi connectivity index (χ4v) is 6.59. The van der Waals surface area contributed by atoms with Crippen molar-refractivity contribution in [1.82, 2.24) is 31.1 Å². The van der Waals surface area contributed by atoms with Crippen molar-refractivity contribution >= 4 is 29.5 Å². The predicted molar refractivity (Wildman–Crippen MR) is 198 cm³/mol. The highest BCUT2D eigenvalue weighted by Gasteiger charge is 2.31. The van der Waals surface area contributed by atoms with E-state index >= 15 is 0 Å². The summed E-state index contributed by atoms with van der Waals surface area (Å²) in [6.45, 7) is 3.33. The molecule has 0 unspecified atom stereocenters. The van der Waals surface area contributed by atoms with Crippen LogP contribution in [0.1, 0.15) is 53.6 Å². The van der Waals surface area contributed by atoms with Gasteiger partial charge in [0.25, 0.3) is 5.91 Å². The van der Waals surface area contributed by atoms with Gasteiger partial charge < -0.3 is 35.8 Å². The number of para-hydroxylation sites is 1. The maximum Gasteiger partial charge on any atom is 0.255 e. The molecule has 2 aliphatic heterocycles. The molecular formula is C40H50N6O6. The molecule has 3 aromatic rings. The number of ether oxygens (including phenoxy) is 1. The SMILES string of the molecule is CN1CC(=O)N[C@H](Cc2ccccc2)COc2ccccc2C(=O)N[C@H](C(=O)NCCCCN2CCCC2)CC(=O)N[C@@H](Cc2ccccc2)C1=O. The number of fused-ring (bicyclic) bond motifs is 1. The van der Waals surface area contributed by atoms with Crippen LogP contribution >= 0.6 is 0 Å². The average Bonchev–Trinajstić information content (AvgIpc) is 3.67. The van der Waals surface area contributed by atoms with Crippen LogP contribution in [0.15, 0.2) is 84.9 Å². The van der Waals surface area contributed by atoms with Gasteiger partial charge >= 0.3 is 0 Å². The first-order valence-electron chi connectivity index (χ1n) is 18.2. The van der Waals surface area contributed by atoms with Crippen molar-refractivity contribution < 1.29 is 28.7 Å². The molecule has 12 heteroatoms. The third-order valence-electron chi connectivity index (χ3n) is 9.35. The van der Waals surface area contributed by atoms with Crippen molar-refractivity contribution in [2.75, 3.05) is 46.4 Å². The largest absolute Gasteiger partial charge is 0.491 e. The molecule has 0 spiro atoms. The van der Waals surface area contributed by atoms with Gasteiger partial charge in [0, 0.05) is 20.0 Å². The number of likely N-dealkylation sites (N-methyl/N-ethyl adjacent to an activating group) is 1. The summed E-state index contributed by atoms with van der Waals surface area (Å²) in [6, 6.07) is 22.7. The highest BCUT2D eigenvalue weighted by atomic mass is 16.5. The fraction of sp³-hybridized carbons (Fsp3) is 0.425.